The average Bonchev–Trinajstić information content (AvgIpc) is 2.46. The number of amides is 1. The van der Waals surface area contributed by atoms with Crippen LogP contribution in [0.4, 0.5) is 5.69 Å². The van der Waals surface area contributed by atoms with Gasteiger partial charge in [0.15, 0.2) is 0 Å². The first-order chi connectivity index (χ1) is 9.39. The Labute approximate surface area is 121 Å². The Morgan fingerprint density at radius 1 is 1.10 bits per heavy atom. The zero-order valence-electron chi connectivity index (χ0n) is 12.7. The lowest BCUT2D eigenvalue weighted by molar-refractivity contribution is -0.135. The third kappa shape index (κ3) is 3.31. The molecule has 1 saturated heterocycles. The molecule has 0 bridgehead atoms. The van der Waals surface area contributed by atoms with Crippen LogP contribution in [0.5, 0.6) is 0 Å². The molecule has 110 valence electrons. The molecule has 4 nitrogen and oxygen atoms in total. The number of hydrogen-bond acceptors (Lipinski definition) is 3. The van der Waals surface area contributed by atoms with Crippen molar-refractivity contribution in [3.63, 3.8) is 0 Å². The third-order valence-corrected chi connectivity index (χ3v) is 3.91. The molecule has 1 aromatic carbocycles. The van der Waals surface area contributed by atoms with E-state index in [1.54, 1.807) is 0 Å². The minimum Gasteiger partial charge on any atom is -0.368 e. The summed E-state index contributed by atoms with van der Waals surface area (Å²) < 4.78 is 0. The Hall–Kier alpha value is -1.55. The minimum atomic E-state index is -0.425. The molecule has 0 aromatic heterocycles. The van der Waals surface area contributed by atoms with Gasteiger partial charge in [0.05, 0.1) is 6.04 Å². The van der Waals surface area contributed by atoms with Crippen molar-refractivity contribution in [3.05, 3.63) is 30.3 Å². The Bertz CT molecular complexity index is 445. The summed E-state index contributed by atoms with van der Waals surface area (Å²) in [6.07, 6.45) is 0. The monoisotopic (exact) mass is 275 g/mol. The SMILES string of the molecule is CC(C)(C)C(N)C(=O)N1CCN(c2ccccc2)CC1. The lowest BCUT2D eigenvalue weighted by Gasteiger charge is -2.39. The molecule has 0 aliphatic carbocycles. The van der Waals surface area contributed by atoms with E-state index < -0.39 is 6.04 Å². The van der Waals surface area contributed by atoms with Crippen molar-refractivity contribution in [2.45, 2.75) is 26.8 Å². The molecular formula is C16H25N3O. The molecule has 1 atom stereocenters. The van der Waals surface area contributed by atoms with E-state index in [2.05, 4.69) is 17.0 Å². The fraction of sp³-hybridized carbons (Fsp3) is 0.562. The maximum Gasteiger partial charge on any atom is 0.240 e. The van der Waals surface area contributed by atoms with Crippen molar-refractivity contribution >= 4 is 11.6 Å². The number of para-hydroxylation sites is 1. The number of anilines is 1. The van der Waals surface area contributed by atoms with Crippen molar-refractivity contribution in [1.29, 1.82) is 0 Å². The fourth-order valence-corrected chi connectivity index (χ4v) is 2.39. The molecule has 1 aliphatic rings. The first kappa shape index (κ1) is 14.9. The van der Waals surface area contributed by atoms with Crippen LogP contribution in [0.3, 0.4) is 0 Å². The molecule has 1 fully saturated rings. The second-order valence-corrected chi connectivity index (χ2v) is 6.49. The van der Waals surface area contributed by atoms with Gasteiger partial charge in [-0.15, -0.1) is 0 Å². The van der Waals surface area contributed by atoms with Gasteiger partial charge in [-0.1, -0.05) is 39.0 Å². The van der Waals surface area contributed by atoms with Crippen LogP contribution in [0.1, 0.15) is 20.8 Å². The number of benzene rings is 1. The summed E-state index contributed by atoms with van der Waals surface area (Å²) in [6, 6.07) is 9.90. The first-order valence-corrected chi connectivity index (χ1v) is 7.24. The van der Waals surface area contributed by atoms with Gasteiger partial charge in [0.25, 0.3) is 0 Å². The zero-order valence-corrected chi connectivity index (χ0v) is 12.7. The number of piperazine rings is 1. The van der Waals surface area contributed by atoms with Crippen LogP contribution >= 0.6 is 0 Å². The zero-order chi connectivity index (χ0) is 14.8. The molecule has 2 rings (SSSR count). The standard InChI is InChI=1S/C16H25N3O/c1-16(2,3)14(17)15(20)19-11-9-18(10-12-19)13-7-5-4-6-8-13/h4-8,14H,9-12,17H2,1-3H3. The Morgan fingerprint density at radius 3 is 2.15 bits per heavy atom. The van der Waals surface area contributed by atoms with Crippen LogP contribution in [0.15, 0.2) is 30.3 Å². The predicted molar refractivity (Wildman–Crippen MR) is 82.7 cm³/mol. The largest absolute Gasteiger partial charge is 0.368 e. The molecule has 20 heavy (non-hydrogen) atoms. The second-order valence-electron chi connectivity index (χ2n) is 6.49. The molecule has 0 saturated carbocycles. The van der Waals surface area contributed by atoms with Gasteiger partial charge in [-0.3, -0.25) is 4.79 Å². The van der Waals surface area contributed by atoms with Gasteiger partial charge in [0.2, 0.25) is 5.91 Å². The van der Waals surface area contributed by atoms with E-state index >= 15 is 0 Å². The quantitative estimate of drug-likeness (QED) is 0.894. The number of nitrogens with two attached hydrogens (primary N) is 1. The molecule has 1 unspecified atom stereocenters. The van der Waals surface area contributed by atoms with Crippen molar-refractivity contribution in [2.24, 2.45) is 11.1 Å². The molecular weight excluding hydrogens is 250 g/mol. The highest BCUT2D eigenvalue weighted by molar-refractivity contribution is 5.82. The van der Waals surface area contributed by atoms with Crippen molar-refractivity contribution in [2.75, 3.05) is 31.1 Å². The minimum absolute atomic E-state index is 0.0743. The number of rotatable bonds is 2. The molecule has 1 amide bonds. The Kier molecular flexibility index (Phi) is 4.33. The summed E-state index contributed by atoms with van der Waals surface area (Å²) in [5.74, 6) is 0.0743. The van der Waals surface area contributed by atoms with E-state index in [1.165, 1.54) is 5.69 Å². The summed E-state index contributed by atoms with van der Waals surface area (Å²) >= 11 is 0. The summed E-state index contributed by atoms with van der Waals surface area (Å²) in [6.45, 7) is 9.26. The number of carbonyl (C=O) groups excluding carboxylic acids is 1. The summed E-state index contributed by atoms with van der Waals surface area (Å²) in [5.41, 5.74) is 7.10. The highest BCUT2D eigenvalue weighted by Crippen LogP contribution is 2.21. The molecule has 1 aliphatic heterocycles. The van der Waals surface area contributed by atoms with Crippen molar-refractivity contribution in [3.8, 4) is 0 Å². The van der Waals surface area contributed by atoms with Crippen molar-refractivity contribution in [1.82, 2.24) is 4.90 Å². The van der Waals surface area contributed by atoms with Crippen LogP contribution in [-0.2, 0) is 4.79 Å². The average molecular weight is 275 g/mol. The van der Waals surface area contributed by atoms with Gasteiger partial charge >= 0.3 is 0 Å². The van der Waals surface area contributed by atoms with Crippen LogP contribution < -0.4 is 10.6 Å². The van der Waals surface area contributed by atoms with Crippen molar-refractivity contribution < 1.29 is 4.79 Å². The Balaban J connectivity index is 1.93. The molecule has 1 aromatic rings. The lowest BCUT2D eigenvalue weighted by Crippen LogP contribution is -2.56. The van der Waals surface area contributed by atoms with Crippen LogP contribution in [0.2, 0.25) is 0 Å². The lowest BCUT2D eigenvalue weighted by atomic mass is 9.86. The van der Waals surface area contributed by atoms with Gasteiger partial charge in [-0.25, -0.2) is 0 Å². The summed E-state index contributed by atoms with van der Waals surface area (Å²) in [7, 11) is 0. The van der Waals surface area contributed by atoms with E-state index in [9.17, 15) is 4.79 Å². The van der Waals surface area contributed by atoms with Gasteiger partial charge < -0.3 is 15.5 Å². The second kappa shape index (κ2) is 5.83. The van der Waals surface area contributed by atoms with E-state index in [0.717, 1.165) is 26.2 Å². The smallest absolute Gasteiger partial charge is 0.240 e. The predicted octanol–water partition coefficient (Wildman–Crippen LogP) is 1.71. The normalized spacial score (nSPS) is 18.0. The Morgan fingerprint density at radius 2 is 1.65 bits per heavy atom. The van der Waals surface area contributed by atoms with E-state index in [1.807, 2.05) is 43.9 Å². The number of nitrogens with zero attached hydrogens (tertiary/aromatic N) is 2. The summed E-state index contributed by atoms with van der Waals surface area (Å²) in [4.78, 5) is 16.6. The molecule has 0 radical (unpaired) electrons. The highest BCUT2D eigenvalue weighted by atomic mass is 16.2. The van der Waals surface area contributed by atoms with Crippen LogP contribution in [-0.4, -0.2) is 43.0 Å². The summed E-state index contributed by atoms with van der Waals surface area (Å²) in [5, 5.41) is 0. The van der Waals surface area contributed by atoms with E-state index in [0.29, 0.717) is 0 Å². The first-order valence-electron chi connectivity index (χ1n) is 7.24. The van der Waals surface area contributed by atoms with Gasteiger partial charge in [-0.2, -0.15) is 0 Å². The van der Waals surface area contributed by atoms with Crippen LogP contribution in [0, 0.1) is 5.41 Å². The van der Waals surface area contributed by atoms with E-state index in [4.69, 9.17) is 5.73 Å². The fourth-order valence-electron chi connectivity index (χ4n) is 2.39. The van der Waals surface area contributed by atoms with Gasteiger partial charge in [0.1, 0.15) is 0 Å². The van der Waals surface area contributed by atoms with Gasteiger partial charge in [-0.05, 0) is 17.5 Å². The molecule has 0 spiro atoms. The maximum absolute atomic E-state index is 12.4. The third-order valence-electron chi connectivity index (χ3n) is 3.91. The van der Waals surface area contributed by atoms with Crippen LogP contribution in [0.25, 0.3) is 0 Å². The number of carbonyl (C=O) groups is 1. The highest BCUT2D eigenvalue weighted by Gasteiger charge is 2.32. The molecule has 1 heterocycles. The maximum atomic E-state index is 12.4. The topological polar surface area (TPSA) is 49.6 Å². The molecule has 4 heteroatoms. The van der Waals surface area contributed by atoms with E-state index in [-0.39, 0.29) is 11.3 Å². The van der Waals surface area contributed by atoms with Gasteiger partial charge in [0, 0.05) is 31.9 Å². The number of hydrogen-bond donors (Lipinski definition) is 1. The molecule has 2 N–H and O–H groups in total.